The van der Waals surface area contributed by atoms with Crippen LogP contribution in [0.5, 0.6) is 0 Å². The van der Waals surface area contributed by atoms with Gasteiger partial charge in [0, 0.05) is 12.3 Å². The van der Waals surface area contributed by atoms with Gasteiger partial charge < -0.3 is 5.43 Å². The van der Waals surface area contributed by atoms with Crippen molar-refractivity contribution in [3.05, 3.63) is 47.7 Å². The number of hydrogen-bond donors (Lipinski definition) is 3. The van der Waals surface area contributed by atoms with Crippen molar-refractivity contribution < 1.29 is 8.42 Å². The number of benzene rings is 1. The lowest BCUT2D eigenvalue weighted by Crippen LogP contribution is -2.15. The third kappa shape index (κ3) is 3.28. The lowest BCUT2D eigenvalue weighted by atomic mass is 10.1. The number of aryl methyl sites for hydroxylation is 1. The summed E-state index contributed by atoms with van der Waals surface area (Å²) in [6.07, 6.45) is 1.34. The summed E-state index contributed by atoms with van der Waals surface area (Å²) in [5.41, 5.74) is 3.73. The predicted molar refractivity (Wildman–Crippen MR) is 78.7 cm³/mol. The summed E-state index contributed by atoms with van der Waals surface area (Å²) >= 11 is 0. The third-order valence-electron chi connectivity index (χ3n) is 2.80. The van der Waals surface area contributed by atoms with E-state index in [1.807, 2.05) is 6.07 Å². The lowest BCUT2D eigenvalue weighted by Gasteiger charge is -2.11. The van der Waals surface area contributed by atoms with Gasteiger partial charge in [-0.1, -0.05) is 6.07 Å². The molecule has 2 aromatic rings. The number of pyridine rings is 1. The first-order valence-electron chi connectivity index (χ1n) is 5.92. The van der Waals surface area contributed by atoms with Crippen LogP contribution in [0.25, 0.3) is 0 Å². The number of nitrogens with one attached hydrogen (secondary N) is 2. The van der Waals surface area contributed by atoms with Crippen molar-refractivity contribution in [2.45, 2.75) is 11.8 Å². The minimum atomic E-state index is -3.79. The van der Waals surface area contributed by atoms with Crippen LogP contribution < -0.4 is 16.0 Å². The molecule has 0 aliphatic carbocycles. The van der Waals surface area contributed by atoms with E-state index >= 15 is 0 Å². The Hall–Kier alpha value is -2.63. The van der Waals surface area contributed by atoms with Crippen molar-refractivity contribution in [3.63, 3.8) is 0 Å². The Morgan fingerprint density at radius 3 is 2.71 bits per heavy atom. The van der Waals surface area contributed by atoms with E-state index in [0.717, 1.165) is 0 Å². The molecule has 0 aliphatic rings. The van der Waals surface area contributed by atoms with Crippen LogP contribution >= 0.6 is 0 Å². The normalized spacial score (nSPS) is 10.7. The molecule has 0 amide bonds. The molecule has 1 aromatic heterocycles. The topological polar surface area (TPSA) is 121 Å². The second-order valence-electron chi connectivity index (χ2n) is 4.27. The van der Waals surface area contributed by atoms with Crippen LogP contribution in [-0.4, -0.2) is 13.4 Å². The number of hydrazine groups is 1. The molecule has 4 N–H and O–H groups in total. The van der Waals surface area contributed by atoms with E-state index in [1.54, 1.807) is 19.1 Å². The maximum absolute atomic E-state index is 12.3. The predicted octanol–water partition coefficient (Wildman–Crippen LogP) is 1.35. The summed E-state index contributed by atoms with van der Waals surface area (Å²) < 4.78 is 27.1. The summed E-state index contributed by atoms with van der Waals surface area (Å²) in [6, 6.07) is 9.41. The Morgan fingerprint density at radius 1 is 1.29 bits per heavy atom. The van der Waals surface area contributed by atoms with Crippen molar-refractivity contribution in [1.29, 1.82) is 5.26 Å². The maximum atomic E-state index is 12.3. The summed E-state index contributed by atoms with van der Waals surface area (Å²) in [4.78, 5) is 3.87. The van der Waals surface area contributed by atoms with E-state index in [9.17, 15) is 8.42 Å². The van der Waals surface area contributed by atoms with E-state index < -0.39 is 10.0 Å². The summed E-state index contributed by atoms with van der Waals surface area (Å²) in [6.45, 7) is 1.75. The van der Waals surface area contributed by atoms with Crippen LogP contribution in [0.2, 0.25) is 0 Å². The van der Waals surface area contributed by atoms with Gasteiger partial charge in [0.1, 0.15) is 5.82 Å². The summed E-state index contributed by atoms with van der Waals surface area (Å²) in [5, 5.41) is 8.88. The SMILES string of the molecule is Cc1ccc(C#N)cc1NS(=O)(=O)c1ccnc(NN)c1. The van der Waals surface area contributed by atoms with Crippen LogP contribution in [0, 0.1) is 18.3 Å². The Bertz CT molecular complexity index is 812. The van der Waals surface area contributed by atoms with Gasteiger partial charge in [-0.05, 0) is 30.7 Å². The van der Waals surface area contributed by atoms with Gasteiger partial charge in [-0.15, -0.1) is 0 Å². The number of nitrogens with two attached hydrogens (primary N) is 1. The smallest absolute Gasteiger partial charge is 0.262 e. The van der Waals surface area contributed by atoms with Crippen molar-refractivity contribution in [3.8, 4) is 6.07 Å². The molecular weight excluding hydrogens is 290 g/mol. The summed E-state index contributed by atoms with van der Waals surface area (Å²) in [5.74, 6) is 5.45. The number of anilines is 2. The molecule has 0 saturated heterocycles. The first-order chi connectivity index (χ1) is 9.96. The number of nitriles is 1. The highest BCUT2D eigenvalue weighted by Gasteiger charge is 2.16. The van der Waals surface area contributed by atoms with Crippen LogP contribution in [0.1, 0.15) is 11.1 Å². The molecule has 2 rings (SSSR count). The molecule has 0 bridgehead atoms. The molecule has 7 nitrogen and oxygen atoms in total. The van der Waals surface area contributed by atoms with E-state index in [2.05, 4.69) is 15.1 Å². The Balaban J connectivity index is 2.40. The van der Waals surface area contributed by atoms with Gasteiger partial charge in [-0.2, -0.15) is 5.26 Å². The van der Waals surface area contributed by atoms with Gasteiger partial charge in [-0.3, -0.25) is 4.72 Å². The van der Waals surface area contributed by atoms with Crippen LogP contribution in [0.15, 0.2) is 41.4 Å². The first-order valence-corrected chi connectivity index (χ1v) is 7.41. The average Bonchev–Trinajstić information content (AvgIpc) is 2.49. The number of hydrogen-bond acceptors (Lipinski definition) is 6. The molecule has 0 saturated carbocycles. The third-order valence-corrected chi connectivity index (χ3v) is 4.16. The van der Waals surface area contributed by atoms with Crippen molar-refractivity contribution in [1.82, 2.24) is 4.98 Å². The molecule has 8 heteroatoms. The van der Waals surface area contributed by atoms with Crippen LogP contribution in [0.4, 0.5) is 11.5 Å². The minimum absolute atomic E-state index is 0.0206. The lowest BCUT2D eigenvalue weighted by molar-refractivity contribution is 0.601. The van der Waals surface area contributed by atoms with Gasteiger partial charge in [0.15, 0.2) is 0 Å². The molecule has 108 valence electrons. The van der Waals surface area contributed by atoms with Gasteiger partial charge in [0.25, 0.3) is 10.0 Å². The zero-order valence-corrected chi connectivity index (χ0v) is 12.0. The first kappa shape index (κ1) is 14.8. The van der Waals surface area contributed by atoms with Gasteiger partial charge >= 0.3 is 0 Å². The molecular formula is C13H13N5O2S. The fraction of sp³-hybridized carbons (Fsp3) is 0.0769. The zero-order valence-electron chi connectivity index (χ0n) is 11.2. The molecule has 0 aliphatic heterocycles. The van der Waals surface area contributed by atoms with Crippen LogP contribution in [-0.2, 0) is 10.0 Å². The highest BCUT2D eigenvalue weighted by Crippen LogP contribution is 2.21. The minimum Gasteiger partial charge on any atom is -0.308 e. The van der Waals surface area contributed by atoms with E-state index in [1.165, 1.54) is 24.4 Å². The molecule has 1 aromatic carbocycles. The van der Waals surface area contributed by atoms with Crippen molar-refractivity contribution in [2.24, 2.45) is 5.84 Å². The number of aromatic nitrogens is 1. The van der Waals surface area contributed by atoms with E-state index in [0.29, 0.717) is 16.8 Å². The fourth-order valence-electron chi connectivity index (χ4n) is 1.66. The highest BCUT2D eigenvalue weighted by atomic mass is 32.2. The number of nitrogen functional groups attached to an aromatic ring is 1. The van der Waals surface area contributed by atoms with Gasteiger partial charge in [0.2, 0.25) is 0 Å². The van der Waals surface area contributed by atoms with E-state index in [4.69, 9.17) is 11.1 Å². The monoisotopic (exact) mass is 303 g/mol. The standard InChI is InChI=1S/C13H13N5O2S/c1-9-2-3-10(8-14)6-12(9)18-21(19,20)11-4-5-16-13(7-11)17-15/h2-7,18H,15H2,1H3,(H,16,17). The second kappa shape index (κ2) is 5.78. The molecule has 0 fully saturated rings. The fourth-order valence-corrected chi connectivity index (χ4v) is 2.80. The van der Waals surface area contributed by atoms with Gasteiger partial charge in [-0.25, -0.2) is 19.2 Å². The van der Waals surface area contributed by atoms with E-state index in [-0.39, 0.29) is 10.7 Å². The Morgan fingerprint density at radius 2 is 2.05 bits per heavy atom. The van der Waals surface area contributed by atoms with Crippen molar-refractivity contribution in [2.75, 3.05) is 10.1 Å². The molecule has 0 spiro atoms. The number of rotatable bonds is 4. The maximum Gasteiger partial charge on any atom is 0.262 e. The number of nitrogens with zero attached hydrogens (tertiary/aromatic N) is 2. The average molecular weight is 303 g/mol. The Labute approximate surface area is 122 Å². The molecule has 1 heterocycles. The molecule has 0 radical (unpaired) electrons. The van der Waals surface area contributed by atoms with Crippen LogP contribution in [0.3, 0.4) is 0 Å². The number of sulfonamides is 1. The Kier molecular flexibility index (Phi) is 4.07. The molecule has 0 atom stereocenters. The van der Waals surface area contributed by atoms with Gasteiger partial charge in [0.05, 0.1) is 22.2 Å². The highest BCUT2D eigenvalue weighted by molar-refractivity contribution is 7.92. The second-order valence-corrected chi connectivity index (χ2v) is 5.95. The summed E-state index contributed by atoms with van der Waals surface area (Å²) in [7, 11) is -3.79. The quantitative estimate of drug-likeness (QED) is 0.579. The zero-order chi connectivity index (χ0) is 15.5. The molecule has 21 heavy (non-hydrogen) atoms. The van der Waals surface area contributed by atoms with Crippen molar-refractivity contribution >= 4 is 21.5 Å². The largest absolute Gasteiger partial charge is 0.308 e. The molecule has 0 unspecified atom stereocenters.